The SMILES string of the molecule is C=C(C)C(=O)OCCCCCC(F)(F)F. The smallest absolute Gasteiger partial charge is 0.389 e. The van der Waals surface area contributed by atoms with Gasteiger partial charge in [-0.05, 0) is 26.2 Å². The lowest BCUT2D eigenvalue weighted by Gasteiger charge is -2.06. The fourth-order valence-electron chi connectivity index (χ4n) is 0.892. The molecule has 0 spiro atoms. The molecule has 0 amide bonds. The van der Waals surface area contributed by atoms with Gasteiger partial charge in [0.05, 0.1) is 6.61 Å². The summed E-state index contributed by atoms with van der Waals surface area (Å²) >= 11 is 0. The van der Waals surface area contributed by atoms with Crippen molar-refractivity contribution in [3.05, 3.63) is 12.2 Å². The van der Waals surface area contributed by atoms with E-state index in [4.69, 9.17) is 4.74 Å². The quantitative estimate of drug-likeness (QED) is 0.393. The molecule has 15 heavy (non-hydrogen) atoms. The zero-order chi connectivity index (χ0) is 11.9. The highest BCUT2D eigenvalue weighted by Crippen LogP contribution is 2.22. The molecule has 5 heteroatoms. The fraction of sp³-hybridized carbons (Fsp3) is 0.700. The molecular weight excluding hydrogens is 209 g/mol. The predicted octanol–water partition coefficient (Wildman–Crippen LogP) is 3.23. The molecule has 0 aromatic rings. The van der Waals surface area contributed by atoms with Crippen molar-refractivity contribution >= 4 is 5.97 Å². The van der Waals surface area contributed by atoms with E-state index < -0.39 is 18.6 Å². The molecule has 0 N–H and O–H groups in total. The zero-order valence-corrected chi connectivity index (χ0v) is 8.69. The lowest BCUT2D eigenvalue weighted by Crippen LogP contribution is -2.08. The van der Waals surface area contributed by atoms with E-state index in [2.05, 4.69) is 6.58 Å². The number of hydrogen-bond donors (Lipinski definition) is 0. The molecule has 0 aliphatic rings. The van der Waals surface area contributed by atoms with E-state index in [1.54, 1.807) is 0 Å². The molecule has 88 valence electrons. The molecular formula is C10H15F3O2. The number of alkyl halides is 3. The number of ether oxygens (including phenoxy) is 1. The van der Waals surface area contributed by atoms with Gasteiger partial charge in [0.1, 0.15) is 0 Å². The average molecular weight is 224 g/mol. The van der Waals surface area contributed by atoms with Gasteiger partial charge in [0.25, 0.3) is 0 Å². The molecule has 0 aromatic heterocycles. The lowest BCUT2D eigenvalue weighted by molar-refractivity contribution is -0.140. The van der Waals surface area contributed by atoms with E-state index in [1.165, 1.54) is 6.92 Å². The first-order valence-electron chi connectivity index (χ1n) is 4.72. The van der Waals surface area contributed by atoms with Crippen LogP contribution >= 0.6 is 0 Å². The van der Waals surface area contributed by atoms with Crippen LogP contribution in [-0.2, 0) is 9.53 Å². The Morgan fingerprint density at radius 2 is 1.87 bits per heavy atom. The zero-order valence-electron chi connectivity index (χ0n) is 8.69. The molecule has 0 rings (SSSR count). The van der Waals surface area contributed by atoms with Crippen LogP contribution in [0.2, 0.25) is 0 Å². The van der Waals surface area contributed by atoms with Crippen LogP contribution in [0.25, 0.3) is 0 Å². The number of esters is 1. The molecule has 0 bridgehead atoms. The van der Waals surface area contributed by atoms with Crippen molar-refractivity contribution in [1.29, 1.82) is 0 Å². The van der Waals surface area contributed by atoms with Gasteiger partial charge in [0.15, 0.2) is 0 Å². The summed E-state index contributed by atoms with van der Waals surface area (Å²) in [7, 11) is 0. The topological polar surface area (TPSA) is 26.3 Å². The van der Waals surface area contributed by atoms with E-state index >= 15 is 0 Å². The summed E-state index contributed by atoms with van der Waals surface area (Å²) < 4.78 is 39.8. The normalized spacial score (nSPS) is 11.2. The lowest BCUT2D eigenvalue weighted by atomic mass is 10.2. The van der Waals surface area contributed by atoms with E-state index in [1.807, 2.05) is 0 Å². The minimum atomic E-state index is -4.09. The Labute approximate surface area is 87.1 Å². The maximum atomic E-state index is 11.7. The Balaban J connectivity index is 3.33. The third-order valence-corrected chi connectivity index (χ3v) is 1.69. The standard InChI is InChI=1S/C10H15F3O2/c1-8(2)9(14)15-7-5-3-4-6-10(11,12)13/h1,3-7H2,2H3. The number of rotatable bonds is 6. The first-order chi connectivity index (χ1) is 6.83. The number of carbonyl (C=O) groups excluding carboxylic acids is 1. The number of unbranched alkanes of at least 4 members (excludes halogenated alkanes) is 2. The molecule has 0 fully saturated rings. The third-order valence-electron chi connectivity index (χ3n) is 1.69. The van der Waals surface area contributed by atoms with Gasteiger partial charge >= 0.3 is 12.1 Å². The van der Waals surface area contributed by atoms with Crippen molar-refractivity contribution in [3.63, 3.8) is 0 Å². The Morgan fingerprint density at radius 1 is 1.27 bits per heavy atom. The van der Waals surface area contributed by atoms with Gasteiger partial charge in [-0.2, -0.15) is 13.2 Å². The number of halogens is 3. The van der Waals surface area contributed by atoms with Crippen LogP contribution in [-0.4, -0.2) is 18.8 Å². The minimum Gasteiger partial charge on any atom is -0.462 e. The molecule has 0 aliphatic carbocycles. The van der Waals surface area contributed by atoms with Crippen molar-refractivity contribution in [1.82, 2.24) is 0 Å². The summed E-state index contributed by atoms with van der Waals surface area (Å²) in [5, 5.41) is 0. The van der Waals surface area contributed by atoms with Crippen LogP contribution in [0.4, 0.5) is 13.2 Å². The second-order valence-electron chi connectivity index (χ2n) is 3.34. The Hall–Kier alpha value is -1.00. The van der Waals surface area contributed by atoms with Crippen LogP contribution in [0.5, 0.6) is 0 Å². The summed E-state index contributed by atoms with van der Waals surface area (Å²) in [6.07, 6.45) is -3.93. The van der Waals surface area contributed by atoms with Crippen LogP contribution in [0.15, 0.2) is 12.2 Å². The van der Waals surface area contributed by atoms with Crippen LogP contribution in [0.1, 0.15) is 32.6 Å². The van der Waals surface area contributed by atoms with Crippen LogP contribution in [0.3, 0.4) is 0 Å². The van der Waals surface area contributed by atoms with Gasteiger partial charge in [-0.25, -0.2) is 4.79 Å². The van der Waals surface area contributed by atoms with Crippen LogP contribution in [0, 0.1) is 0 Å². The van der Waals surface area contributed by atoms with Gasteiger partial charge in [-0.15, -0.1) is 0 Å². The highest BCUT2D eigenvalue weighted by molar-refractivity contribution is 5.86. The summed E-state index contributed by atoms with van der Waals surface area (Å²) in [5.74, 6) is -0.495. The summed E-state index contributed by atoms with van der Waals surface area (Å²) in [5.41, 5.74) is 0.297. The second kappa shape index (κ2) is 6.48. The highest BCUT2D eigenvalue weighted by atomic mass is 19.4. The molecule has 0 unspecified atom stereocenters. The first kappa shape index (κ1) is 14.0. The maximum Gasteiger partial charge on any atom is 0.389 e. The Kier molecular flexibility index (Phi) is 6.05. The minimum absolute atomic E-state index is 0.0775. The first-order valence-corrected chi connectivity index (χ1v) is 4.72. The molecule has 0 atom stereocenters. The average Bonchev–Trinajstić information content (AvgIpc) is 2.08. The van der Waals surface area contributed by atoms with Gasteiger partial charge in [-0.3, -0.25) is 0 Å². The fourth-order valence-corrected chi connectivity index (χ4v) is 0.892. The molecule has 0 saturated heterocycles. The summed E-state index contributed by atoms with van der Waals surface area (Å²) in [6.45, 7) is 5.06. The number of hydrogen-bond acceptors (Lipinski definition) is 2. The van der Waals surface area contributed by atoms with Gasteiger partial charge in [-0.1, -0.05) is 6.58 Å². The molecule has 0 aromatic carbocycles. The van der Waals surface area contributed by atoms with Crippen molar-refractivity contribution in [2.45, 2.75) is 38.8 Å². The molecule has 0 heterocycles. The van der Waals surface area contributed by atoms with E-state index in [0.29, 0.717) is 18.4 Å². The van der Waals surface area contributed by atoms with Crippen molar-refractivity contribution in [3.8, 4) is 0 Å². The van der Waals surface area contributed by atoms with Crippen molar-refractivity contribution in [2.75, 3.05) is 6.61 Å². The highest BCUT2D eigenvalue weighted by Gasteiger charge is 2.25. The van der Waals surface area contributed by atoms with Gasteiger partial charge in [0.2, 0.25) is 0 Å². The summed E-state index contributed by atoms with van der Waals surface area (Å²) in [6, 6.07) is 0. The van der Waals surface area contributed by atoms with Crippen molar-refractivity contribution in [2.24, 2.45) is 0 Å². The van der Waals surface area contributed by atoms with E-state index in [0.717, 1.165) is 0 Å². The molecule has 0 radical (unpaired) electrons. The van der Waals surface area contributed by atoms with Gasteiger partial charge < -0.3 is 4.74 Å². The summed E-state index contributed by atoms with van der Waals surface area (Å²) in [4.78, 5) is 10.8. The van der Waals surface area contributed by atoms with E-state index in [-0.39, 0.29) is 13.0 Å². The molecule has 0 saturated carbocycles. The van der Waals surface area contributed by atoms with Gasteiger partial charge in [0, 0.05) is 12.0 Å². The largest absolute Gasteiger partial charge is 0.462 e. The maximum absolute atomic E-state index is 11.7. The second-order valence-corrected chi connectivity index (χ2v) is 3.34. The third kappa shape index (κ3) is 9.31. The monoisotopic (exact) mass is 224 g/mol. The molecule has 0 aliphatic heterocycles. The predicted molar refractivity (Wildman–Crippen MR) is 50.3 cm³/mol. The Bertz CT molecular complexity index is 221. The van der Waals surface area contributed by atoms with E-state index in [9.17, 15) is 18.0 Å². The van der Waals surface area contributed by atoms with Crippen molar-refractivity contribution < 1.29 is 22.7 Å². The van der Waals surface area contributed by atoms with Crippen LogP contribution < -0.4 is 0 Å². The Morgan fingerprint density at radius 3 is 2.33 bits per heavy atom. The molecule has 2 nitrogen and oxygen atoms in total. The number of carbonyl (C=O) groups is 1.